The fourth-order valence-electron chi connectivity index (χ4n) is 1.52. The van der Waals surface area contributed by atoms with Gasteiger partial charge >= 0.3 is 5.97 Å². The molecule has 100 valence electrons. The quantitative estimate of drug-likeness (QED) is 0.770. The normalized spacial score (nSPS) is 18.7. The van der Waals surface area contributed by atoms with Gasteiger partial charge in [0.1, 0.15) is 5.70 Å². The number of methoxy groups -OCH3 is 1. The number of hydrogen-bond donors (Lipinski definition) is 0. The van der Waals surface area contributed by atoms with E-state index in [9.17, 15) is 9.00 Å². The predicted molar refractivity (Wildman–Crippen MR) is 76.7 cm³/mol. The maximum Gasteiger partial charge on any atom is 0.355 e. The first-order valence-corrected chi connectivity index (χ1v) is 7.19. The van der Waals surface area contributed by atoms with Crippen LogP contribution in [0.25, 0.3) is 0 Å². The molecule has 1 atom stereocenters. The van der Waals surface area contributed by atoms with Gasteiger partial charge in [-0.1, -0.05) is 28.1 Å². The van der Waals surface area contributed by atoms with Crippen molar-refractivity contribution < 1.29 is 13.7 Å². The van der Waals surface area contributed by atoms with E-state index >= 15 is 0 Å². The van der Waals surface area contributed by atoms with Crippen LogP contribution in [0.5, 0.6) is 0 Å². The van der Waals surface area contributed by atoms with Crippen LogP contribution < -0.4 is 0 Å². The number of hydrogen-bond acceptors (Lipinski definition) is 3. The fraction of sp³-hybridized carbons (Fsp3) is 0.167. The Kier molecular flexibility index (Phi) is 4.16. The van der Waals surface area contributed by atoms with Crippen LogP contribution in [0.15, 0.2) is 44.9 Å². The van der Waals surface area contributed by atoms with E-state index in [4.69, 9.17) is 0 Å². The Morgan fingerprint density at radius 3 is 2.58 bits per heavy atom. The van der Waals surface area contributed by atoms with Gasteiger partial charge < -0.3 is 4.74 Å². The number of halogens is 1. The molecule has 0 saturated heterocycles. The molecule has 0 aliphatic carbocycles. The molecule has 0 saturated carbocycles. The third-order valence-electron chi connectivity index (χ3n) is 2.56. The van der Waals surface area contributed by atoms with E-state index in [1.807, 2.05) is 24.3 Å². The number of nitrogens with zero attached hydrogens (tertiary/aromatic N) is 2. The summed E-state index contributed by atoms with van der Waals surface area (Å²) in [5.41, 5.74) is 1.49. The molecule has 0 aromatic heterocycles. The Morgan fingerprint density at radius 2 is 2.00 bits per heavy atom. The van der Waals surface area contributed by atoms with Gasteiger partial charge in [-0.2, -0.15) is 4.40 Å². The number of carbonyl (C=O) groups excluding carboxylic acids is 1. The molecule has 0 fully saturated rings. The van der Waals surface area contributed by atoms with Crippen LogP contribution in [0.4, 0.5) is 0 Å². The standard InChI is InChI=1S/C12H11BrN2O3S/c1-15-11(12(16)18-2)7-10(14-19(15)17)8-3-5-9(13)6-4-8/h3-7H,1-2H3. The Balaban J connectivity index is 2.43. The molecule has 0 amide bonds. The summed E-state index contributed by atoms with van der Waals surface area (Å²) >= 11 is 1.71. The summed E-state index contributed by atoms with van der Waals surface area (Å²) in [6.07, 6.45) is 1.57. The van der Waals surface area contributed by atoms with Gasteiger partial charge in [0.2, 0.25) is 11.2 Å². The van der Waals surface area contributed by atoms with Crippen LogP contribution in [-0.2, 0) is 20.7 Å². The third-order valence-corrected chi connectivity index (χ3v) is 4.10. The van der Waals surface area contributed by atoms with E-state index in [1.54, 1.807) is 6.08 Å². The highest BCUT2D eigenvalue weighted by molar-refractivity contribution is 9.10. The van der Waals surface area contributed by atoms with Gasteiger partial charge in [0.05, 0.1) is 12.8 Å². The predicted octanol–water partition coefficient (Wildman–Crippen LogP) is 1.82. The third kappa shape index (κ3) is 2.93. The number of allylic oxidation sites excluding steroid dienone is 1. The van der Waals surface area contributed by atoms with Gasteiger partial charge in [-0.05, 0) is 18.2 Å². The van der Waals surface area contributed by atoms with Crippen LogP contribution in [0.1, 0.15) is 5.56 Å². The maximum absolute atomic E-state index is 11.9. The van der Waals surface area contributed by atoms with E-state index in [0.717, 1.165) is 10.0 Å². The molecule has 1 unspecified atom stereocenters. The maximum atomic E-state index is 11.9. The van der Waals surface area contributed by atoms with E-state index in [2.05, 4.69) is 25.1 Å². The molecule has 1 heterocycles. The number of benzene rings is 1. The second-order valence-corrected chi connectivity index (χ2v) is 5.84. The van der Waals surface area contributed by atoms with Gasteiger partial charge in [-0.3, -0.25) is 4.31 Å². The lowest BCUT2D eigenvalue weighted by Gasteiger charge is -2.21. The van der Waals surface area contributed by atoms with Gasteiger partial charge in [0, 0.05) is 17.1 Å². The minimum atomic E-state index is -1.63. The van der Waals surface area contributed by atoms with Crippen LogP contribution in [0.2, 0.25) is 0 Å². The molecule has 0 N–H and O–H groups in total. The van der Waals surface area contributed by atoms with Crippen LogP contribution in [-0.4, -0.2) is 34.4 Å². The zero-order chi connectivity index (χ0) is 14.0. The van der Waals surface area contributed by atoms with Gasteiger partial charge in [-0.15, -0.1) is 0 Å². The molecule has 5 nitrogen and oxygen atoms in total. The van der Waals surface area contributed by atoms with Gasteiger partial charge in [0.25, 0.3) is 0 Å². The molecule has 0 bridgehead atoms. The summed E-state index contributed by atoms with van der Waals surface area (Å²) in [7, 11) is 2.81. The van der Waals surface area contributed by atoms with Crippen molar-refractivity contribution in [1.82, 2.24) is 4.31 Å². The summed E-state index contributed by atoms with van der Waals surface area (Å²) in [6.45, 7) is 0. The topological polar surface area (TPSA) is 59.0 Å². The van der Waals surface area contributed by atoms with Crippen molar-refractivity contribution in [2.75, 3.05) is 14.2 Å². The zero-order valence-corrected chi connectivity index (χ0v) is 12.7. The van der Waals surface area contributed by atoms with E-state index in [1.165, 1.54) is 18.5 Å². The second-order valence-electron chi connectivity index (χ2n) is 3.73. The fourth-order valence-corrected chi connectivity index (χ4v) is 2.53. The van der Waals surface area contributed by atoms with E-state index < -0.39 is 17.1 Å². The molecule has 0 spiro atoms. The summed E-state index contributed by atoms with van der Waals surface area (Å²) in [5, 5.41) is 0. The van der Waals surface area contributed by atoms with Crippen molar-refractivity contribution >= 4 is 38.8 Å². The number of ether oxygens (including phenoxy) is 1. The molecular formula is C12H11BrN2O3S. The number of likely N-dealkylation sites (N-methyl/N-ethyl adjacent to an activating group) is 1. The highest BCUT2D eigenvalue weighted by Crippen LogP contribution is 2.19. The first-order chi connectivity index (χ1) is 9.02. The monoisotopic (exact) mass is 342 g/mol. The molecule has 1 aliphatic rings. The SMILES string of the molecule is COC(=O)C1=CC(c2ccc(Br)cc2)=NS(=O)N1C. The van der Waals surface area contributed by atoms with Crippen molar-refractivity contribution in [2.24, 2.45) is 4.40 Å². The van der Waals surface area contributed by atoms with Crippen molar-refractivity contribution in [3.8, 4) is 0 Å². The smallest absolute Gasteiger partial charge is 0.355 e. The average molecular weight is 343 g/mol. The molecule has 19 heavy (non-hydrogen) atoms. The highest BCUT2D eigenvalue weighted by atomic mass is 79.9. The Bertz CT molecular complexity index is 595. The highest BCUT2D eigenvalue weighted by Gasteiger charge is 2.25. The number of esters is 1. The van der Waals surface area contributed by atoms with Crippen molar-refractivity contribution in [2.45, 2.75) is 0 Å². The molecular weight excluding hydrogens is 332 g/mol. The minimum absolute atomic E-state index is 0.216. The Labute approximate surface area is 121 Å². The first-order valence-electron chi connectivity index (χ1n) is 5.33. The Morgan fingerprint density at radius 1 is 1.37 bits per heavy atom. The largest absolute Gasteiger partial charge is 0.464 e. The molecule has 1 aliphatic heterocycles. The molecule has 0 radical (unpaired) electrons. The van der Waals surface area contributed by atoms with Crippen LogP contribution >= 0.6 is 15.9 Å². The van der Waals surface area contributed by atoms with Crippen LogP contribution in [0.3, 0.4) is 0 Å². The number of carbonyl (C=O) groups is 1. The molecule has 1 aromatic carbocycles. The second kappa shape index (κ2) is 5.66. The average Bonchev–Trinajstić information content (AvgIpc) is 2.41. The summed E-state index contributed by atoms with van der Waals surface area (Å²) in [5.74, 6) is -0.541. The molecule has 2 rings (SSSR count). The Hall–Kier alpha value is -1.47. The zero-order valence-electron chi connectivity index (χ0n) is 10.3. The molecule has 1 aromatic rings. The van der Waals surface area contributed by atoms with Crippen molar-refractivity contribution in [3.63, 3.8) is 0 Å². The summed E-state index contributed by atoms with van der Waals surface area (Å²) < 4.78 is 22.8. The van der Waals surface area contributed by atoms with Gasteiger partial charge in [-0.25, -0.2) is 9.00 Å². The van der Waals surface area contributed by atoms with Crippen LogP contribution in [0, 0.1) is 0 Å². The van der Waals surface area contributed by atoms with E-state index in [-0.39, 0.29) is 5.70 Å². The van der Waals surface area contributed by atoms with E-state index in [0.29, 0.717) is 5.71 Å². The minimum Gasteiger partial charge on any atom is -0.464 e. The lowest BCUT2D eigenvalue weighted by Crippen LogP contribution is -2.30. The first kappa shape index (κ1) is 14.0. The molecule has 7 heteroatoms. The van der Waals surface area contributed by atoms with Crippen molar-refractivity contribution in [3.05, 3.63) is 46.1 Å². The lowest BCUT2D eigenvalue weighted by atomic mass is 10.1. The van der Waals surface area contributed by atoms with Crippen molar-refractivity contribution in [1.29, 1.82) is 0 Å². The summed E-state index contributed by atoms with van der Waals surface area (Å²) in [6, 6.07) is 7.36. The number of rotatable bonds is 2. The van der Waals surface area contributed by atoms with Gasteiger partial charge in [0.15, 0.2) is 0 Å². The lowest BCUT2D eigenvalue weighted by molar-refractivity contribution is -0.137. The summed E-state index contributed by atoms with van der Waals surface area (Å²) in [4.78, 5) is 11.6.